The first-order chi connectivity index (χ1) is 9.68. The van der Waals surface area contributed by atoms with Gasteiger partial charge >= 0.3 is 0 Å². The highest BCUT2D eigenvalue weighted by atomic mass is 127. The van der Waals surface area contributed by atoms with Crippen LogP contribution in [0.15, 0.2) is 47.4 Å². The maximum absolute atomic E-state index is 11.9. The molecule has 0 bridgehead atoms. The number of aromatic nitrogens is 2. The minimum atomic E-state index is -0.128. The van der Waals surface area contributed by atoms with Crippen LogP contribution in [0.25, 0.3) is 0 Å². The quantitative estimate of drug-likeness (QED) is 0.631. The fourth-order valence-corrected chi connectivity index (χ4v) is 2.36. The molecule has 0 saturated carbocycles. The molecular formula is C14H14IN3O2. The maximum Gasteiger partial charge on any atom is 0.266 e. The second-order valence-electron chi connectivity index (χ2n) is 4.17. The molecule has 0 fully saturated rings. The largest absolute Gasteiger partial charge is 0.352 e. The van der Waals surface area contributed by atoms with Crippen LogP contribution in [0.1, 0.15) is 16.8 Å². The fourth-order valence-electron chi connectivity index (χ4n) is 1.73. The van der Waals surface area contributed by atoms with Crippen molar-refractivity contribution in [3.05, 3.63) is 62.1 Å². The summed E-state index contributed by atoms with van der Waals surface area (Å²) in [5, 5.41) is 6.80. The van der Waals surface area contributed by atoms with E-state index in [4.69, 9.17) is 0 Å². The van der Waals surface area contributed by atoms with E-state index < -0.39 is 0 Å². The van der Waals surface area contributed by atoms with Crippen LogP contribution >= 0.6 is 22.6 Å². The summed E-state index contributed by atoms with van der Waals surface area (Å²) in [6, 6.07) is 10.5. The van der Waals surface area contributed by atoms with Gasteiger partial charge in [0.05, 0.1) is 5.56 Å². The van der Waals surface area contributed by atoms with Gasteiger partial charge in [0.25, 0.3) is 11.5 Å². The van der Waals surface area contributed by atoms with Gasteiger partial charge < -0.3 is 5.32 Å². The summed E-state index contributed by atoms with van der Waals surface area (Å²) in [7, 11) is 0. The van der Waals surface area contributed by atoms with Crippen LogP contribution < -0.4 is 10.9 Å². The number of carbonyl (C=O) groups excluding carboxylic acids is 1. The Labute approximate surface area is 130 Å². The molecule has 1 heterocycles. The monoisotopic (exact) mass is 383 g/mol. The Hall–Kier alpha value is -1.70. The summed E-state index contributed by atoms with van der Waals surface area (Å²) < 4.78 is 2.31. The van der Waals surface area contributed by atoms with Gasteiger partial charge in [-0.1, -0.05) is 12.1 Å². The molecule has 5 nitrogen and oxygen atoms in total. The molecule has 1 aromatic heterocycles. The Morgan fingerprint density at radius 2 is 2.05 bits per heavy atom. The lowest BCUT2D eigenvalue weighted by atomic mass is 10.2. The summed E-state index contributed by atoms with van der Waals surface area (Å²) in [6.07, 6.45) is 2.23. The van der Waals surface area contributed by atoms with Gasteiger partial charge in [-0.2, -0.15) is 5.10 Å². The lowest BCUT2D eigenvalue weighted by Gasteiger charge is -2.07. The number of benzene rings is 1. The van der Waals surface area contributed by atoms with E-state index in [0.717, 1.165) is 3.57 Å². The molecule has 104 valence electrons. The molecule has 0 spiro atoms. The molecule has 0 saturated heterocycles. The molecule has 20 heavy (non-hydrogen) atoms. The highest BCUT2D eigenvalue weighted by Crippen LogP contribution is 2.10. The molecule has 0 aliphatic heterocycles. The second-order valence-corrected chi connectivity index (χ2v) is 5.34. The maximum atomic E-state index is 11.9. The number of nitrogens with one attached hydrogen (secondary N) is 1. The van der Waals surface area contributed by atoms with Gasteiger partial charge in [0.15, 0.2) is 0 Å². The smallest absolute Gasteiger partial charge is 0.266 e. The van der Waals surface area contributed by atoms with Crippen LogP contribution in [-0.4, -0.2) is 22.2 Å². The second kappa shape index (κ2) is 7.18. The molecule has 1 aromatic carbocycles. The van der Waals surface area contributed by atoms with Crippen molar-refractivity contribution in [3.63, 3.8) is 0 Å². The molecule has 0 radical (unpaired) electrons. The van der Waals surface area contributed by atoms with Crippen LogP contribution in [0.3, 0.4) is 0 Å². The standard InChI is InChI=1S/C14H14IN3O2/c15-12-6-2-1-5-11(12)14(20)16-8-4-10-18-13(19)7-3-9-17-18/h1-3,5-7,9H,4,8,10H2,(H,16,20). The molecule has 0 aliphatic carbocycles. The van der Waals surface area contributed by atoms with Crippen molar-refractivity contribution in [1.82, 2.24) is 15.1 Å². The SMILES string of the molecule is O=C(NCCCn1ncccc1=O)c1ccccc1I. The lowest BCUT2D eigenvalue weighted by molar-refractivity contribution is 0.0951. The normalized spacial score (nSPS) is 10.2. The molecule has 0 unspecified atom stereocenters. The summed E-state index contributed by atoms with van der Waals surface area (Å²) in [4.78, 5) is 23.4. The van der Waals surface area contributed by atoms with Gasteiger partial charge in [-0.15, -0.1) is 0 Å². The topological polar surface area (TPSA) is 64.0 Å². The Morgan fingerprint density at radius 3 is 2.80 bits per heavy atom. The average molecular weight is 383 g/mol. The van der Waals surface area contributed by atoms with Gasteiger partial charge in [0.1, 0.15) is 0 Å². The molecule has 2 aromatic rings. The minimum Gasteiger partial charge on any atom is -0.352 e. The van der Waals surface area contributed by atoms with E-state index in [1.165, 1.54) is 10.7 Å². The summed E-state index contributed by atoms with van der Waals surface area (Å²) >= 11 is 2.13. The van der Waals surface area contributed by atoms with Gasteiger partial charge in [0.2, 0.25) is 0 Å². The van der Waals surface area contributed by atoms with Crippen LogP contribution in [0.5, 0.6) is 0 Å². The Bertz CT molecular complexity index is 655. The third kappa shape index (κ3) is 3.89. The first-order valence-electron chi connectivity index (χ1n) is 6.23. The Kier molecular flexibility index (Phi) is 5.28. The van der Waals surface area contributed by atoms with Crippen molar-refractivity contribution < 1.29 is 4.79 Å². The number of hydrogen-bond donors (Lipinski definition) is 1. The van der Waals surface area contributed by atoms with E-state index >= 15 is 0 Å². The predicted octanol–water partition coefficient (Wildman–Crippen LogP) is 1.67. The summed E-state index contributed by atoms with van der Waals surface area (Å²) in [5.41, 5.74) is 0.541. The summed E-state index contributed by atoms with van der Waals surface area (Å²) in [6.45, 7) is 0.999. The van der Waals surface area contributed by atoms with E-state index in [1.807, 2.05) is 18.2 Å². The predicted molar refractivity (Wildman–Crippen MR) is 84.6 cm³/mol. The number of amides is 1. The van der Waals surface area contributed by atoms with E-state index in [2.05, 4.69) is 33.0 Å². The first-order valence-corrected chi connectivity index (χ1v) is 7.31. The van der Waals surface area contributed by atoms with Crippen molar-refractivity contribution in [2.75, 3.05) is 6.54 Å². The van der Waals surface area contributed by atoms with E-state index in [9.17, 15) is 9.59 Å². The third-order valence-electron chi connectivity index (χ3n) is 2.74. The Balaban J connectivity index is 1.82. The number of halogens is 1. The zero-order valence-electron chi connectivity index (χ0n) is 10.8. The van der Waals surface area contributed by atoms with Crippen LogP contribution in [0, 0.1) is 3.57 Å². The zero-order chi connectivity index (χ0) is 14.4. The van der Waals surface area contributed by atoms with Crippen molar-refractivity contribution in [1.29, 1.82) is 0 Å². The van der Waals surface area contributed by atoms with Crippen LogP contribution in [0.4, 0.5) is 0 Å². The number of carbonyl (C=O) groups is 1. The van der Waals surface area contributed by atoms with Gasteiger partial charge in [0, 0.05) is 28.9 Å². The van der Waals surface area contributed by atoms with Crippen molar-refractivity contribution >= 4 is 28.5 Å². The molecule has 6 heteroatoms. The number of hydrogen-bond acceptors (Lipinski definition) is 3. The lowest BCUT2D eigenvalue weighted by Crippen LogP contribution is -2.28. The first kappa shape index (κ1) is 14.7. The van der Waals surface area contributed by atoms with E-state index in [0.29, 0.717) is 25.1 Å². The van der Waals surface area contributed by atoms with Crippen LogP contribution in [0.2, 0.25) is 0 Å². The fraction of sp³-hybridized carbons (Fsp3) is 0.214. The highest BCUT2D eigenvalue weighted by molar-refractivity contribution is 14.1. The zero-order valence-corrected chi connectivity index (χ0v) is 12.9. The van der Waals surface area contributed by atoms with Crippen molar-refractivity contribution in [2.45, 2.75) is 13.0 Å². The molecular weight excluding hydrogens is 369 g/mol. The van der Waals surface area contributed by atoms with Gasteiger partial charge in [-0.3, -0.25) is 9.59 Å². The van der Waals surface area contributed by atoms with E-state index in [1.54, 1.807) is 18.3 Å². The average Bonchev–Trinajstić information content (AvgIpc) is 2.45. The van der Waals surface area contributed by atoms with Crippen molar-refractivity contribution in [2.24, 2.45) is 0 Å². The number of aryl methyl sites for hydroxylation is 1. The summed E-state index contributed by atoms with van der Waals surface area (Å²) in [5.74, 6) is -0.0941. The molecule has 1 N–H and O–H groups in total. The van der Waals surface area contributed by atoms with Crippen LogP contribution in [-0.2, 0) is 6.54 Å². The van der Waals surface area contributed by atoms with Gasteiger partial charge in [-0.25, -0.2) is 4.68 Å². The molecule has 2 rings (SSSR count). The molecule has 0 atom stereocenters. The Morgan fingerprint density at radius 1 is 1.25 bits per heavy atom. The number of rotatable bonds is 5. The van der Waals surface area contributed by atoms with Crippen molar-refractivity contribution in [3.8, 4) is 0 Å². The van der Waals surface area contributed by atoms with E-state index in [-0.39, 0.29) is 11.5 Å². The van der Waals surface area contributed by atoms with Gasteiger partial charge in [-0.05, 0) is 47.2 Å². The number of nitrogens with zero attached hydrogens (tertiary/aromatic N) is 2. The highest BCUT2D eigenvalue weighted by Gasteiger charge is 2.07. The minimum absolute atomic E-state index is 0.0941. The molecule has 1 amide bonds. The third-order valence-corrected chi connectivity index (χ3v) is 3.68. The molecule has 0 aliphatic rings.